The minimum atomic E-state index is 0.614. The van der Waals surface area contributed by atoms with E-state index >= 15 is 0 Å². The summed E-state index contributed by atoms with van der Waals surface area (Å²) in [5, 5.41) is 7.89. The lowest BCUT2D eigenvalue weighted by Crippen LogP contribution is -2.44. The Morgan fingerprint density at radius 2 is 1.93 bits per heavy atom. The van der Waals surface area contributed by atoms with E-state index in [4.69, 9.17) is 4.99 Å². The molecule has 0 aliphatic carbocycles. The number of aliphatic imine (C=N–C) groups is 1. The predicted octanol–water partition coefficient (Wildman–Crippen LogP) is 2.15. The van der Waals surface area contributed by atoms with E-state index in [0.29, 0.717) is 6.54 Å². The Hall–Kier alpha value is -2.19. The Morgan fingerprint density at radius 1 is 1.10 bits per heavy atom. The molecule has 3 rings (SSSR count). The molecule has 1 fully saturated rings. The molecule has 1 saturated heterocycles. The highest BCUT2D eigenvalue weighted by Gasteiger charge is 2.14. The van der Waals surface area contributed by atoms with Crippen LogP contribution in [0.4, 0.5) is 5.82 Å². The number of nitrogens with one attached hydrogen (secondary N) is 2. The summed E-state index contributed by atoms with van der Waals surface area (Å²) >= 11 is 1.79. The van der Waals surface area contributed by atoms with Crippen molar-refractivity contribution in [3.05, 3.63) is 40.0 Å². The molecule has 3 heterocycles. The number of hydrogen-bond acceptors (Lipinski definition) is 6. The first-order valence-electron chi connectivity index (χ1n) is 10.5. The van der Waals surface area contributed by atoms with Gasteiger partial charge in [0.2, 0.25) is 0 Å². The van der Waals surface area contributed by atoms with Crippen molar-refractivity contribution in [2.45, 2.75) is 33.2 Å². The van der Waals surface area contributed by atoms with E-state index in [-0.39, 0.29) is 0 Å². The quantitative estimate of drug-likeness (QED) is 0.509. The Kier molecular flexibility index (Phi) is 8.25. The molecule has 0 unspecified atom stereocenters. The molecular formula is C21H33N7S. The number of anilines is 1. The average molecular weight is 416 g/mol. The van der Waals surface area contributed by atoms with Crippen LogP contribution in [0.2, 0.25) is 0 Å². The molecule has 1 aliphatic rings. The zero-order valence-electron chi connectivity index (χ0n) is 17.8. The lowest BCUT2D eigenvalue weighted by molar-refractivity contribution is 0.312. The van der Waals surface area contributed by atoms with Crippen LogP contribution >= 0.6 is 11.3 Å². The zero-order valence-corrected chi connectivity index (χ0v) is 18.6. The van der Waals surface area contributed by atoms with Gasteiger partial charge in [0.15, 0.2) is 5.96 Å². The lowest BCUT2D eigenvalue weighted by Gasteiger charge is -2.33. The number of guanidine groups is 1. The van der Waals surface area contributed by atoms with E-state index in [9.17, 15) is 0 Å². The molecule has 29 heavy (non-hydrogen) atoms. The van der Waals surface area contributed by atoms with Crippen LogP contribution in [0.15, 0.2) is 29.5 Å². The molecule has 0 saturated carbocycles. The summed E-state index contributed by atoms with van der Waals surface area (Å²) in [6, 6.07) is 4.25. The maximum atomic E-state index is 4.71. The molecule has 0 amide bonds. The normalized spacial score (nSPS) is 15.6. The van der Waals surface area contributed by atoms with Gasteiger partial charge < -0.3 is 20.4 Å². The van der Waals surface area contributed by atoms with Crippen LogP contribution in [0.1, 0.15) is 29.3 Å². The molecule has 0 atom stereocenters. The summed E-state index contributed by atoms with van der Waals surface area (Å²) in [6.07, 6.45) is 5.90. The van der Waals surface area contributed by atoms with Crippen LogP contribution in [0.25, 0.3) is 0 Å². The third-order valence-electron chi connectivity index (χ3n) is 4.98. The van der Waals surface area contributed by atoms with Gasteiger partial charge in [-0.1, -0.05) is 13.0 Å². The number of pyridine rings is 1. The van der Waals surface area contributed by atoms with E-state index in [1.807, 2.05) is 12.4 Å². The maximum Gasteiger partial charge on any atom is 0.191 e. The monoisotopic (exact) mass is 415 g/mol. The van der Waals surface area contributed by atoms with Crippen LogP contribution < -0.4 is 15.5 Å². The minimum Gasteiger partial charge on any atom is -0.357 e. The Bertz CT molecular complexity index is 764. The summed E-state index contributed by atoms with van der Waals surface area (Å²) in [6.45, 7) is 10.8. The van der Waals surface area contributed by atoms with Crippen molar-refractivity contribution >= 4 is 23.1 Å². The topological polar surface area (TPSA) is 68.7 Å². The van der Waals surface area contributed by atoms with E-state index in [2.05, 4.69) is 63.4 Å². The molecule has 1 aliphatic heterocycles. The fourth-order valence-electron chi connectivity index (χ4n) is 3.16. The second kappa shape index (κ2) is 11.1. The first-order valence-corrected chi connectivity index (χ1v) is 11.3. The SMILES string of the molecule is CCNC(=NCc1ccc(N2CCN(C)CC2)nc1)NCCc1ncc(CC)s1. The highest BCUT2D eigenvalue weighted by molar-refractivity contribution is 7.11. The van der Waals surface area contributed by atoms with E-state index < -0.39 is 0 Å². The zero-order chi connectivity index (χ0) is 20.5. The Balaban J connectivity index is 1.49. The van der Waals surface area contributed by atoms with Crippen molar-refractivity contribution < 1.29 is 0 Å². The number of rotatable bonds is 8. The van der Waals surface area contributed by atoms with Gasteiger partial charge in [-0.2, -0.15) is 0 Å². The summed E-state index contributed by atoms with van der Waals surface area (Å²) in [7, 11) is 2.17. The summed E-state index contributed by atoms with van der Waals surface area (Å²) < 4.78 is 0. The van der Waals surface area contributed by atoms with Crippen LogP contribution in [-0.2, 0) is 19.4 Å². The molecule has 0 radical (unpaired) electrons. The molecule has 7 nitrogen and oxygen atoms in total. The summed E-state index contributed by atoms with van der Waals surface area (Å²) in [4.78, 5) is 19.9. The molecule has 0 aromatic carbocycles. The van der Waals surface area contributed by atoms with Crippen molar-refractivity contribution in [2.24, 2.45) is 4.99 Å². The van der Waals surface area contributed by atoms with Gasteiger partial charge in [0.1, 0.15) is 5.82 Å². The Labute approximate surface area is 178 Å². The largest absolute Gasteiger partial charge is 0.357 e. The number of likely N-dealkylation sites (N-methyl/N-ethyl adjacent to an activating group) is 1. The second-order valence-corrected chi connectivity index (χ2v) is 8.46. The fraction of sp³-hybridized carbons (Fsp3) is 0.571. The minimum absolute atomic E-state index is 0.614. The van der Waals surface area contributed by atoms with Gasteiger partial charge in [0.05, 0.1) is 11.6 Å². The van der Waals surface area contributed by atoms with Crippen LogP contribution in [0.5, 0.6) is 0 Å². The third-order valence-corrected chi connectivity index (χ3v) is 6.18. The van der Waals surface area contributed by atoms with Gasteiger partial charge in [0, 0.05) is 63.0 Å². The maximum absolute atomic E-state index is 4.71. The van der Waals surface area contributed by atoms with Gasteiger partial charge in [-0.25, -0.2) is 15.0 Å². The van der Waals surface area contributed by atoms with Crippen LogP contribution in [0.3, 0.4) is 0 Å². The second-order valence-electron chi connectivity index (χ2n) is 7.26. The summed E-state index contributed by atoms with van der Waals surface area (Å²) in [5.74, 6) is 1.90. The van der Waals surface area contributed by atoms with Crippen LogP contribution in [-0.4, -0.2) is 67.1 Å². The van der Waals surface area contributed by atoms with Crippen molar-refractivity contribution in [3.63, 3.8) is 0 Å². The molecule has 2 N–H and O–H groups in total. The van der Waals surface area contributed by atoms with Gasteiger partial charge in [0.25, 0.3) is 0 Å². The standard InChI is InChI=1S/C21H33N7S/c1-4-18-16-25-20(29-18)8-9-23-21(22-5-2)26-15-17-6-7-19(24-14-17)28-12-10-27(3)11-13-28/h6-7,14,16H,4-5,8-13,15H2,1-3H3,(H2,22,23,26). The van der Waals surface area contributed by atoms with Crippen molar-refractivity contribution in [2.75, 3.05) is 51.2 Å². The van der Waals surface area contributed by atoms with Gasteiger partial charge in [-0.05, 0) is 32.0 Å². The average Bonchev–Trinajstić information content (AvgIpc) is 3.21. The molecule has 2 aromatic rings. The van der Waals surface area contributed by atoms with E-state index in [0.717, 1.165) is 69.5 Å². The summed E-state index contributed by atoms with van der Waals surface area (Å²) in [5.41, 5.74) is 1.12. The van der Waals surface area contributed by atoms with Crippen LogP contribution in [0, 0.1) is 0 Å². The predicted molar refractivity (Wildman–Crippen MR) is 122 cm³/mol. The number of nitrogens with zero attached hydrogens (tertiary/aromatic N) is 5. The number of thiazole rings is 1. The fourth-order valence-corrected chi connectivity index (χ4v) is 4.02. The molecule has 0 spiro atoms. The van der Waals surface area contributed by atoms with Gasteiger partial charge in [-0.3, -0.25) is 0 Å². The van der Waals surface area contributed by atoms with Gasteiger partial charge >= 0.3 is 0 Å². The molecule has 2 aromatic heterocycles. The number of hydrogen-bond donors (Lipinski definition) is 2. The highest BCUT2D eigenvalue weighted by atomic mass is 32.1. The lowest BCUT2D eigenvalue weighted by atomic mass is 10.2. The number of piperazine rings is 1. The molecule has 8 heteroatoms. The van der Waals surface area contributed by atoms with Crippen molar-refractivity contribution in [1.29, 1.82) is 0 Å². The smallest absolute Gasteiger partial charge is 0.191 e. The van der Waals surface area contributed by atoms with Crippen molar-refractivity contribution in [3.8, 4) is 0 Å². The third kappa shape index (κ3) is 6.68. The van der Waals surface area contributed by atoms with Gasteiger partial charge in [-0.15, -0.1) is 11.3 Å². The first kappa shape index (κ1) is 21.5. The Morgan fingerprint density at radius 3 is 2.59 bits per heavy atom. The number of aryl methyl sites for hydroxylation is 1. The van der Waals surface area contributed by atoms with E-state index in [1.165, 1.54) is 9.88 Å². The van der Waals surface area contributed by atoms with E-state index in [1.54, 1.807) is 11.3 Å². The number of aromatic nitrogens is 2. The first-order chi connectivity index (χ1) is 14.2. The molecular weight excluding hydrogens is 382 g/mol. The molecule has 0 bridgehead atoms. The molecule has 158 valence electrons. The highest BCUT2D eigenvalue weighted by Crippen LogP contribution is 2.14. The van der Waals surface area contributed by atoms with Crippen molar-refractivity contribution in [1.82, 2.24) is 25.5 Å².